The molecule has 1 nitrogen and oxygen atoms in total. The molecule has 2 heteroatoms. The molecule has 0 aromatic heterocycles. The Bertz CT molecular complexity index is 348. The van der Waals surface area contributed by atoms with Gasteiger partial charge >= 0.3 is 0 Å². The number of rotatable bonds is 2. The van der Waals surface area contributed by atoms with Crippen LogP contribution in [0.1, 0.15) is 37.2 Å². The summed E-state index contributed by atoms with van der Waals surface area (Å²) in [7, 11) is 4.37. The van der Waals surface area contributed by atoms with Crippen LogP contribution in [0.3, 0.4) is 0 Å². The highest BCUT2D eigenvalue weighted by molar-refractivity contribution is 6.30. The second-order valence-corrected chi connectivity index (χ2v) is 5.47. The normalized spacial score (nSPS) is 26.0. The van der Waals surface area contributed by atoms with Gasteiger partial charge in [-0.05, 0) is 57.0 Å². The zero-order valence-corrected chi connectivity index (χ0v) is 10.9. The van der Waals surface area contributed by atoms with Gasteiger partial charge in [-0.25, -0.2) is 0 Å². The zero-order chi connectivity index (χ0) is 11.5. The van der Waals surface area contributed by atoms with E-state index in [1.807, 2.05) is 6.07 Å². The van der Waals surface area contributed by atoms with Crippen LogP contribution in [0.15, 0.2) is 24.3 Å². The minimum absolute atomic E-state index is 0.694. The Kier molecular flexibility index (Phi) is 3.88. The summed E-state index contributed by atoms with van der Waals surface area (Å²) in [5.41, 5.74) is 1.42. The third-order valence-corrected chi connectivity index (χ3v) is 3.93. The van der Waals surface area contributed by atoms with Gasteiger partial charge in [-0.3, -0.25) is 0 Å². The van der Waals surface area contributed by atoms with Crippen molar-refractivity contribution in [2.75, 3.05) is 14.1 Å². The van der Waals surface area contributed by atoms with Crippen molar-refractivity contribution in [3.8, 4) is 0 Å². The fourth-order valence-electron chi connectivity index (χ4n) is 2.70. The van der Waals surface area contributed by atoms with Crippen LogP contribution in [0.4, 0.5) is 0 Å². The topological polar surface area (TPSA) is 3.24 Å². The van der Waals surface area contributed by atoms with Gasteiger partial charge in [0.15, 0.2) is 0 Å². The van der Waals surface area contributed by atoms with Gasteiger partial charge < -0.3 is 4.90 Å². The molecule has 0 radical (unpaired) electrons. The highest BCUT2D eigenvalue weighted by atomic mass is 35.5. The Morgan fingerprint density at radius 3 is 2.75 bits per heavy atom. The number of hydrogen-bond donors (Lipinski definition) is 0. The predicted molar refractivity (Wildman–Crippen MR) is 70.1 cm³/mol. The maximum Gasteiger partial charge on any atom is 0.0408 e. The molecule has 0 aliphatic heterocycles. The van der Waals surface area contributed by atoms with E-state index in [2.05, 4.69) is 37.2 Å². The lowest BCUT2D eigenvalue weighted by molar-refractivity contribution is 0.213. The smallest absolute Gasteiger partial charge is 0.0408 e. The number of nitrogens with zero attached hydrogens (tertiary/aromatic N) is 1. The molecule has 2 atom stereocenters. The summed E-state index contributed by atoms with van der Waals surface area (Å²) >= 11 is 6.05. The predicted octanol–water partition coefficient (Wildman–Crippen LogP) is 3.93. The number of benzene rings is 1. The van der Waals surface area contributed by atoms with Crippen molar-refractivity contribution in [1.82, 2.24) is 4.90 Å². The van der Waals surface area contributed by atoms with Crippen molar-refractivity contribution >= 4 is 11.6 Å². The van der Waals surface area contributed by atoms with E-state index < -0.39 is 0 Å². The molecule has 16 heavy (non-hydrogen) atoms. The summed E-state index contributed by atoms with van der Waals surface area (Å²) in [4.78, 5) is 2.36. The van der Waals surface area contributed by atoms with E-state index in [1.54, 1.807) is 0 Å². The lowest BCUT2D eigenvalue weighted by Gasteiger charge is -2.33. The van der Waals surface area contributed by atoms with Gasteiger partial charge in [0.25, 0.3) is 0 Å². The minimum atomic E-state index is 0.694. The highest BCUT2D eigenvalue weighted by Crippen LogP contribution is 2.35. The molecule has 2 rings (SSSR count). The summed E-state index contributed by atoms with van der Waals surface area (Å²) in [5.74, 6) is 0.694. The molecular weight excluding hydrogens is 218 g/mol. The first kappa shape index (κ1) is 11.9. The van der Waals surface area contributed by atoms with Crippen LogP contribution in [-0.2, 0) is 0 Å². The Labute approximate surface area is 103 Å². The molecule has 0 saturated heterocycles. The minimum Gasteiger partial charge on any atom is -0.306 e. The van der Waals surface area contributed by atoms with E-state index in [0.717, 1.165) is 11.1 Å². The van der Waals surface area contributed by atoms with Crippen molar-refractivity contribution in [2.24, 2.45) is 0 Å². The molecule has 1 fully saturated rings. The van der Waals surface area contributed by atoms with Gasteiger partial charge in [-0.1, -0.05) is 30.2 Å². The standard InChI is InChI=1S/C14H20ClN/c1-16(2)14-8-4-6-12(10-14)11-5-3-7-13(15)9-11/h3,5,7,9,12,14H,4,6,8,10H2,1-2H3/t12-,14+/m0/s1. The third kappa shape index (κ3) is 2.78. The van der Waals surface area contributed by atoms with Gasteiger partial charge in [0, 0.05) is 11.1 Å². The van der Waals surface area contributed by atoms with E-state index in [-0.39, 0.29) is 0 Å². The first-order valence-electron chi connectivity index (χ1n) is 6.08. The first-order valence-corrected chi connectivity index (χ1v) is 6.46. The van der Waals surface area contributed by atoms with Gasteiger partial charge in [0.1, 0.15) is 0 Å². The Hall–Kier alpha value is -0.530. The highest BCUT2D eigenvalue weighted by Gasteiger charge is 2.24. The van der Waals surface area contributed by atoms with Crippen LogP contribution in [0.2, 0.25) is 5.02 Å². The average Bonchev–Trinajstić information content (AvgIpc) is 2.29. The van der Waals surface area contributed by atoms with Crippen molar-refractivity contribution < 1.29 is 0 Å². The van der Waals surface area contributed by atoms with Gasteiger partial charge in [0.05, 0.1) is 0 Å². The molecule has 0 unspecified atom stereocenters. The molecule has 0 bridgehead atoms. The van der Waals surface area contributed by atoms with Gasteiger partial charge in [-0.15, -0.1) is 0 Å². The van der Waals surface area contributed by atoms with E-state index in [0.29, 0.717) is 5.92 Å². The summed E-state index contributed by atoms with van der Waals surface area (Å²) in [6.07, 6.45) is 5.25. The lowest BCUT2D eigenvalue weighted by atomic mass is 9.81. The van der Waals surface area contributed by atoms with Crippen LogP contribution in [0.25, 0.3) is 0 Å². The summed E-state index contributed by atoms with van der Waals surface area (Å²) in [6.45, 7) is 0. The van der Waals surface area contributed by atoms with Crippen molar-refractivity contribution in [3.05, 3.63) is 34.9 Å². The molecule has 0 heterocycles. The van der Waals surface area contributed by atoms with Crippen LogP contribution in [0.5, 0.6) is 0 Å². The molecular formula is C14H20ClN. The summed E-state index contributed by atoms with van der Waals surface area (Å²) < 4.78 is 0. The first-order chi connectivity index (χ1) is 7.66. The lowest BCUT2D eigenvalue weighted by Crippen LogP contribution is -2.32. The van der Waals surface area contributed by atoms with Crippen molar-refractivity contribution in [2.45, 2.75) is 37.6 Å². The Balaban J connectivity index is 2.09. The van der Waals surface area contributed by atoms with Crippen molar-refractivity contribution in [1.29, 1.82) is 0 Å². The quantitative estimate of drug-likeness (QED) is 0.754. The Morgan fingerprint density at radius 2 is 2.06 bits per heavy atom. The molecule has 1 saturated carbocycles. The van der Waals surface area contributed by atoms with Gasteiger partial charge in [-0.2, -0.15) is 0 Å². The van der Waals surface area contributed by atoms with E-state index in [4.69, 9.17) is 11.6 Å². The van der Waals surface area contributed by atoms with Crippen molar-refractivity contribution in [3.63, 3.8) is 0 Å². The largest absolute Gasteiger partial charge is 0.306 e. The molecule has 1 aliphatic carbocycles. The van der Waals surface area contributed by atoms with Crippen LogP contribution < -0.4 is 0 Å². The number of halogens is 1. The van der Waals surface area contributed by atoms with E-state index in [1.165, 1.54) is 31.2 Å². The third-order valence-electron chi connectivity index (χ3n) is 3.70. The summed E-state index contributed by atoms with van der Waals surface area (Å²) in [5, 5.41) is 0.865. The molecule has 0 spiro atoms. The maximum absolute atomic E-state index is 6.05. The van der Waals surface area contributed by atoms with Crippen LogP contribution in [0, 0.1) is 0 Å². The molecule has 1 aromatic carbocycles. The fraction of sp³-hybridized carbons (Fsp3) is 0.571. The van der Waals surface area contributed by atoms with Crippen LogP contribution >= 0.6 is 11.6 Å². The Morgan fingerprint density at radius 1 is 1.25 bits per heavy atom. The zero-order valence-electron chi connectivity index (χ0n) is 10.1. The SMILES string of the molecule is CN(C)[C@@H]1CCC[C@H](c2cccc(Cl)c2)C1. The molecule has 0 N–H and O–H groups in total. The van der Waals surface area contributed by atoms with E-state index >= 15 is 0 Å². The molecule has 1 aliphatic rings. The fourth-order valence-corrected chi connectivity index (χ4v) is 2.90. The van der Waals surface area contributed by atoms with Crippen LogP contribution in [-0.4, -0.2) is 25.0 Å². The monoisotopic (exact) mass is 237 g/mol. The second-order valence-electron chi connectivity index (χ2n) is 5.04. The molecule has 1 aromatic rings. The average molecular weight is 238 g/mol. The van der Waals surface area contributed by atoms with E-state index in [9.17, 15) is 0 Å². The second kappa shape index (κ2) is 5.20. The number of hydrogen-bond acceptors (Lipinski definition) is 1. The maximum atomic E-state index is 6.05. The van der Waals surface area contributed by atoms with Gasteiger partial charge in [0.2, 0.25) is 0 Å². The molecule has 0 amide bonds. The molecule has 88 valence electrons. The summed E-state index contributed by atoms with van der Waals surface area (Å²) in [6, 6.07) is 9.10.